The number of aliphatic carboxylic acids is 1. The fourth-order valence-corrected chi connectivity index (χ4v) is 15.4. The van der Waals surface area contributed by atoms with Crippen LogP contribution in [-0.2, 0) is 61.9 Å². The molecule has 6 heterocycles. The van der Waals surface area contributed by atoms with E-state index in [4.69, 9.17) is 37.9 Å². The Balaban J connectivity index is 0.000000492. The molecule has 4 aromatic rings. The molecule has 4 aromatic carbocycles. The second kappa shape index (κ2) is 45.8. The lowest BCUT2D eigenvalue weighted by atomic mass is 9.63. The SMILES string of the molecule is CC.CC.CC.CC.CC.CC.CC.CC.Cc1c(O)cc(C(=O)OC2COC(=O)C3C[C@@H](O)C(O)=C(O)[C@H]3c3c(cc(O)c(O)c3O)C(=O)OC2C(O)C(O)C(=O)O)cc1O.O=C1OC2COC(=O)C3C[C@@H](O)C(O)=C(O)[C@H]3c3c(cc(O)c(O)c3O)C(=O)OC2C2OC(=O)c3c(c(O)c(O)c(O)c3[C@@H]3C(O)=C(O)[C@H](O)[C@H]4C3C(=O)OC2[C@@H]4O)[C@@H]2C=C1[C@H](O)[C@H](O)C2O. The highest BCUT2D eigenvalue weighted by Gasteiger charge is 2.64. The lowest BCUT2D eigenvalue weighted by Gasteiger charge is -2.50. The van der Waals surface area contributed by atoms with Gasteiger partial charge in [-0.15, -0.1) is 0 Å². The highest BCUT2D eigenvalue weighted by atomic mass is 16.7. The van der Waals surface area contributed by atoms with E-state index in [1.165, 1.54) is 6.92 Å². The summed E-state index contributed by atoms with van der Waals surface area (Å²) >= 11 is 0. The molecule has 10 aliphatic rings. The number of carboxylic acid groups (broad SMARTS) is 1. The van der Waals surface area contributed by atoms with Crippen molar-refractivity contribution in [3.8, 4) is 63.2 Å². The minimum absolute atomic E-state index is 0.0315. The van der Waals surface area contributed by atoms with Crippen molar-refractivity contribution in [2.45, 2.75) is 246 Å². The summed E-state index contributed by atoms with van der Waals surface area (Å²) in [6, 6.07) is 2.59. The van der Waals surface area contributed by atoms with Gasteiger partial charge < -0.3 is 176 Å². The number of phenolic OH excluding ortho intramolecular Hbond substituents is 11. The third-order valence-electron chi connectivity index (χ3n) is 21.2. The number of aliphatic hydroxyl groups is 15. The van der Waals surface area contributed by atoms with Gasteiger partial charge in [0.25, 0.3) is 0 Å². The van der Waals surface area contributed by atoms with Crippen LogP contribution in [0.1, 0.15) is 217 Å². The van der Waals surface area contributed by atoms with E-state index >= 15 is 4.79 Å². The molecule has 12 unspecified atom stereocenters. The van der Waals surface area contributed by atoms with Crippen molar-refractivity contribution in [3.63, 3.8) is 0 Å². The lowest BCUT2D eigenvalue weighted by molar-refractivity contribution is -0.224. The van der Waals surface area contributed by atoms with Crippen molar-refractivity contribution in [1.29, 1.82) is 0 Å². The van der Waals surface area contributed by atoms with Crippen LogP contribution in [0.4, 0.5) is 0 Å². The van der Waals surface area contributed by atoms with Gasteiger partial charge in [-0.3, -0.25) is 14.4 Å². The monoisotopic (exact) mass is 1840 g/mol. The molecule has 0 amide bonds. The Morgan fingerprint density at radius 1 is 0.411 bits per heavy atom. The smallest absolute Gasteiger partial charge is 0.339 e. The zero-order valence-electron chi connectivity index (χ0n) is 73.0. The number of aliphatic hydroxyl groups excluding tert-OH is 15. The molecule has 23 atom stereocenters. The number of cyclic esters (lactones) is 3. The maximum Gasteiger partial charge on any atom is 0.339 e. The second-order valence-electron chi connectivity index (χ2n) is 27.5. The minimum Gasteiger partial charge on any atom is -0.508 e. The van der Waals surface area contributed by atoms with Crippen LogP contribution < -0.4 is 0 Å². The number of rotatable bonds is 5. The van der Waals surface area contributed by atoms with E-state index in [0.717, 1.165) is 12.1 Å². The number of fused-ring (bicyclic) bond motifs is 10. The van der Waals surface area contributed by atoms with Crippen LogP contribution in [-0.4, -0.2) is 296 Å². The number of esters is 8. The number of carbonyl (C=O) groups is 9. The van der Waals surface area contributed by atoms with Crippen LogP contribution in [0.25, 0.3) is 0 Å². The number of hydrogen-bond acceptors (Lipinski definition) is 43. The molecule has 27 N–H and O–H groups in total. The summed E-state index contributed by atoms with van der Waals surface area (Å²) in [6.45, 7) is 30.7. The summed E-state index contributed by atoms with van der Waals surface area (Å²) in [4.78, 5) is 124. The van der Waals surface area contributed by atoms with Crippen LogP contribution in [0.3, 0.4) is 0 Å². The average molecular weight is 1840 g/mol. The van der Waals surface area contributed by atoms with Crippen molar-refractivity contribution >= 4 is 53.7 Å². The molecule has 4 aliphatic carbocycles. The van der Waals surface area contributed by atoms with Crippen molar-refractivity contribution in [2.75, 3.05) is 13.2 Å². The predicted octanol–water partition coefficient (Wildman–Crippen LogP) is 5.01. The summed E-state index contributed by atoms with van der Waals surface area (Å²) in [5, 5.41) is 292. The first kappa shape index (κ1) is 109. The Hall–Kier alpha value is -12.7. The van der Waals surface area contributed by atoms with Crippen molar-refractivity contribution in [1.82, 2.24) is 0 Å². The number of phenols is 11. The lowest BCUT2D eigenvalue weighted by Crippen LogP contribution is -2.65. The van der Waals surface area contributed by atoms with Crippen LogP contribution in [0.15, 0.2) is 70.5 Å². The molecule has 1 saturated heterocycles. The number of benzene rings is 4. The zero-order chi connectivity index (χ0) is 99.1. The first-order valence-corrected chi connectivity index (χ1v) is 41.4. The van der Waals surface area contributed by atoms with E-state index in [1.807, 2.05) is 111 Å². The minimum atomic E-state index is -2.74. The standard InChI is InChI=1S/C41H38O26.C28H28O18.8C2H6/c42-9-2-6-13(24(48)22(9)46)14-7(3-10(43)23(47)25(14)49)38(59)65-34-11(4-63-37(6)58)64-39(60)8-1-5(20(44)31(55)21(8)45)12-17-15(27(51)32(56)26(12)50)16-18-19(29(53)33(57)28(16)52)30(54)35(66-41(18)62)36(34)67-40(17)61;1-7-11(29)2-8(3-12(7)30)26(41)45-15-6-44-27(42)9-4-13(31)18(33)20(35)16(9)17-10(5-14(32)19(34)21(17)36)28(43)46-24(15)22(37)23(38)25(39)40;8*1-2/h1,3,5-6,9,11,13,16,18-21,29-31,34-36,42-57H,2,4H2;2-3,5,9,13,15-16,22-24,29-38H,4,6H2,1H3,(H,39,40);8*1-2H3/t5-,6?,9+,11?,13+,16-,18?,19+,20?,21-,29+,30+,31+,34?,35?,36?;9?,13-,15?,16-,22?,23?,24?;;;;;;;;/m01......../s1. The predicted molar refractivity (Wildman–Crippen MR) is 439 cm³/mol. The summed E-state index contributed by atoms with van der Waals surface area (Å²) in [5.41, 5.74) is -8.93. The fraction of sp³-hybridized carbons (Fsp3) is 0.518. The summed E-state index contributed by atoms with van der Waals surface area (Å²) in [7, 11) is 0. The third-order valence-corrected chi connectivity index (χ3v) is 21.2. The molecule has 8 bridgehead atoms. The van der Waals surface area contributed by atoms with Gasteiger partial charge in [-0.2, -0.15) is 0 Å². The molecular weight excluding hydrogens is 1720 g/mol. The molecule has 1 fully saturated rings. The number of allylic oxidation sites excluding steroid dienone is 3. The largest absolute Gasteiger partial charge is 0.508 e. The molecule has 44 nitrogen and oxygen atoms in total. The molecule has 0 spiro atoms. The number of hydrogen-bond donors (Lipinski definition) is 27. The molecule has 718 valence electrons. The zero-order valence-corrected chi connectivity index (χ0v) is 73.0. The van der Waals surface area contributed by atoms with E-state index < -0.39 is 367 Å². The van der Waals surface area contributed by atoms with Crippen molar-refractivity contribution in [3.05, 3.63) is 121 Å². The molecule has 0 saturated carbocycles. The van der Waals surface area contributed by atoms with Gasteiger partial charge in [0, 0.05) is 39.7 Å². The van der Waals surface area contributed by atoms with Gasteiger partial charge in [-0.05, 0) is 44.0 Å². The number of ether oxygens (including phenoxy) is 8. The van der Waals surface area contributed by atoms with Gasteiger partial charge in [0.1, 0.15) is 84.7 Å². The average Bonchev–Trinajstić information content (AvgIpc) is 0.711. The van der Waals surface area contributed by atoms with Gasteiger partial charge in [0.2, 0.25) is 17.2 Å². The molecule has 6 aliphatic heterocycles. The summed E-state index contributed by atoms with van der Waals surface area (Å²) in [5.74, 6) is -52.8. The molecule has 44 heteroatoms. The van der Waals surface area contributed by atoms with Crippen LogP contribution in [0, 0.1) is 30.6 Å². The molecule has 129 heavy (non-hydrogen) atoms. The Morgan fingerprint density at radius 3 is 1.30 bits per heavy atom. The normalized spacial score (nSPS) is 28.5. The summed E-state index contributed by atoms with van der Waals surface area (Å²) in [6.07, 6.45) is -37.5. The summed E-state index contributed by atoms with van der Waals surface area (Å²) < 4.78 is 43.9. The van der Waals surface area contributed by atoms with Gasteiger partial charge in [0.05, 0.1) is 69.4 Å². The quantitative estimate of drug-likeness (QED) is 0.0709. The van der Waals surface area contributed by atoms with Gasteiger partial charge in [0.15, 0.2) is 94.5 Å². The topological polar surface area (TPSA) is 774 Å². The molecule has 14 rings (SSSR count). The van der Waals surface area contributed by atoms with E-state index in [1.54, 1.807) is 0 Å². The first-order chi connectivity index (χ1) is 60.9. The Morgan fingerprint density at radius 2 is 0.837 bits per heavy atom. The maximum atomic E-state index is 15.0. The van der Waals surface area contributed by atoms with Crippen LogP contribution in [0.5, 0.6) is 63.2 Å². The van der Waals surface area contributed by atoms with Gasteiger partial charge in [-0.1, -0.05) is 117 Å². The molecular formula is C85H114O44. The maximum absolute atomic E-state index is 15.0. The van der Waals surface area contributed by atoms with E-state index in [0.29, 0.717) is 18.2 Å². The number of carboxylic acids is 1. The van der Waals surface area contributed by atoms with Crippen molar-refractivity contribution in [2.24, 2.45) is 23.7 Å². The van der Waals surface area contributed by atoms with Gasteiger partial charge in [-0.25, -0.2) is 28.8 Å². The van der Waals surface area contributed by atoms with Crippen LogP contribution in [0.2, 0.25) is 0 Å². The highest BCUT2D eigenvalue weighted by molar-refractivity contribution is 6.00. The van der Waals surface area contributed by atoms with E-state index in [-0.39, 0.29) is 5.56 Å². The highest BCUT2D eigenvalue weighted by Crippen LogP contribution is 2.60. The first-order valence-electron chi connectivity index (χ1n) is 41.4. The third kappa shape index (κ3) is 20.4. The van der Waals surface area contributed by atoms with Crippen LogP contribution >= 0.6 is 0 Å². The Labute approximate surface area is 736 Å². The molecule has 0 radical (unpaired) electrons. The Kier molecular flexibility index (Phi) is 38.6. The van der Waals surface area contributed by atoms with Crippen molar-refractivity contribution < 1.29 is 219 Å². The molecule has 0 aromatic heterocycles. The fourth-order valence-electron chi connectivity index (χ4n) is 15.4. The number of aromatic hydroxyl groups is 11. The Bertz CT molecular complexity index is 4860. The second-order valence-corrected chi connectivity index (χ2v) is 27.5. The van der Waals surface area contributed by atoms with E-state index in [2.05, 4.69) is 0 Å². The number of carbonyl (C=O) groups excluding carboxylic acids is 8. The van der Waals surface area contributed by atoms with E-state index in [9.17, 15) is 176 Å². The van der Waals surface area contributed by atoms with Gasteiger partial charge >= 0.3 is 53.7 Å².